The first-order valence-corrected chi connectivity index (χ1v) is 4.06. The minimum absolute atomic E-state index is 0.0616. The molecule has 3 nitrogen and oxygen atoms in total. The molecule has 0 rings (SSSR count). The van der Waals surface area contributed by atoms with Crippen LogP contribution in [0.2, 0.25) is 0 Å². The van der Waals surface area contributed by atoms with E-state index in [-0.39, 0.29) is 5.88 Å². The topological polar surface area (TPSA) is 34.4 Å². The molecule has 0 aliphatic rings. The maximum atomic E-state index is 10.8. The Morgan fingerprint density at radius 3 is 2.36 bits per heavy atom. The molecule has 0 saturated carbocycles. The lowest BCUT2D eigenvalue weighted by Gasteiger charge is -2.27. The fraction of sp³-hybridized carbons (Fsp3) is 0.800. The molecule has 0 spiro atoms. The van der Waals surface area contributed by atoms with E-state index >= 15 is 0 Å². The summed E-state index contributed by atoms with van der Waals surface area (Å²) in [5.41, 5.74) is 0. The first-order valence-electron chi connectivity index (χ1n) is 2.77. The Balaban J connectivity index is 4.22. The maximum absolute atomic E-state index is 10.8. The number of rotatable bonds is 2. The van der Waals surface area contributed by atoms with Crippen LogP contribution in [0.3, 0.4) is 0 Å². The van der Waals surface area contributed by atoms with E-state index in [2.05, 4.69) is 5.32 Å². The van der Waals surface area contributed by atoms with Crippen molar-refractivity contribution in [1.82, 2.24) is 10.2 Å². The van der Waals surface area contributed by atoms with Crippen molar-refractivity contribution in [2.45, 2.75) is 4.46 Å². The molecule has 0 N–H and O–H groups in total. The van der Waals surface area contributed by atoms with E-state index in [1.165, 1.54) is 14.1 Å². The van der Waals surface area contributed by atoms with Crippen molar-refractivity contribution in [2.24, 2.45) is 0 Å². The zero-order valence-corrected chi connectivity index (χ0v) is 8.41. The van der Waals surface area contributed by atoms with Crippen molar-refractivity contribution in [3.63, 3.8) is 0 Å². The molecule has 0 heterocycles. The van der Waals surface area contributed by atoms with Gasteiger partial charge >= 0.3 is 6.03 Å². The third kappa shape index (κ3) is 2.93. The third-order valence-electron chi connectivity index (χ3n) is 1.13. The van der Waals surface area contributed by atoms with Crippen LogP contribution >= 0.6 is 34.8 Å². The molecule has 0 bridgehead atoms. The highest BCUT2D eigenvalue weighted by Crippen LogP contribution is 2.25. The number of alkyl halides is 3. The van der Waals surface area contributed by atoms with Gasteiger partial charge in [-0.05, 0) is 0 Å². The minimum atomic E-state index is -1.38. The molecule has 0 fully saturated rings. The number of carbonyl (C=O) groups is 1. The molecule has 0 aliphatic heterocycles. The summed E-state index contributed by atoms with van der Waals surface area (Å²) < 4.78 is -1.38. The van der Waals surface area contributed by atoms with E-state index in [1.54, 1.807) is 0 Å². The van der Waals surface area contributed by atoms with E-state index in [1.807, 2.05) is 0 Å². The SMILES string of the molecule is C[N]C(=O)N(C)C(Cl)(Cl)CCl. The summed E-state index contributed by atoms with van der Waals surface area (Å²) in [5.74, 6) is -0.0616. The van der Waals surface area contributed by atoms with Crippen LogP contribution in [0.15, 0.2) is 0 Å². The van der Waals surface area contributed by atoms with Gasteiger partial charge in [0, 0.05) is 14.1 Å². The monoisotopic (exact) mass is 217 g/mol. The first-order chi connectivity index (χ1) is 4.95. The van der Waals surface area contributed by atoms with Gasteiger partial charge < -0.3 is 0 Å². The van der Waals surface area contributed by atoms with Crippen LogP contribution in [0.4, 0.5) is 4.79 Å². The summed E-state index contributed by atoms with van der Waals surface area (Å²) >= 11 is 16.6. The standard InChI is InChI=1S/C5H8Cl3N2O/c1-9-4(11)10(2)5(7,8)3-6/h3H2,1-2H3. The fourth-order valence-electron chi connectivity index (χ4n) is 0.380. The fourth-order valence-corrected chi connectivity index (χ4v) is 0.703. The highest BCUT2D eigenvalue weighted by molar-refractivity contribution is 6.51. The highest BCUT2D eigenvalue weighted by atomic mass is 35.5. The van der Waals surface area contributed by atoms with Crippen LogP contribution in [-0.2, 0) is 0 Å². The van der Waals surface area contributed by atoms with Crippen molar-refractivity contribution < 1.29 is 4.79 Å². The van der Waals surface area contributed by atoms with E-state index < -0.39 is 10.5 Å². The molecule has 0 saturated heterocycles. The van der Waals surface area contributed by atoms with Crippen LogP contribution in [-0.4, -0.2) is 35.4 Å². The van der Waals surface area contributed by atoms with Gasteiger partial charge in [0.15, 0.2) is 0 Å². The van der Waals surface area contributed by atoms with Gasteiger partial charge in [-0.1, -0.05) is 23.2 Å². The van der Waals surface area contributed by atoms with E-state index in [0.29, 0.717) is 0 Å². The third-order valence-corrected chi connectivity index (χ3v) is 2.56. The zero-order chi connectivity index (χ0) is 9.07. The molecule has 6 heteroatoms. The van der Waals surface area contributed by atoms with Gasteiger partial charge in [0.1, 0.15) is 0 Å². The van der Waals surface area contributed by atoms with Crippen LogP contribution < -0.4 is 5.32 Å². The molecule has 0 aromatic carbocycles. The number of carbonyl (C=O) groups excluding carboxylic acids is 1. The smallest absolute Gasteiger partial charge is 0.293 e. The molecule has 2 amide bonds. The summed E-state index contributed by atoms with van der Waals surface area (Å²) in [5, 5.41) is 3.36. The summed E-state index contributed by atoms with van der Waals surface area (Å²) in [6.45, 7) is 0. The van der Waals surface area contributed by atoms with E-state index in [9.17, 15) is 4.79 Å². The van der Waals surface area contributed by atoms with Gasteiger partial charge in [0.2, 0.25) is 4.46 Å². The molecular weight excluding hydrogens is 210 g/mol. The molecule has 0 aromatic rings. The van der Waals surface area contributed by atoms with Crippen LogP contribution in [0.1, 0.15) is 0 Å². The van der Waals surface area contributed by atoms with Gasteiger partial charge in [-0.3, -0.25) is 4.90 Å². The normalized spacial score (nSPS) is 11.0. The van der Waals surface area contributed by atoms with E-state index in [0.717, 1.165) is 4.90 Å². The van der Waals surface area contributed by atoms with Crippen LogP contribution in [0.25, 0.3) is 0 Å². The number of urea groups is 1. The quantitative estimate of drug-likeness (QED) is 0.512. The molecule has 0 unspecified atom stereocenters. The Morgan fingerprint density at radius 2 is 2.09 bits per heavy atom. The van der Waals surface area contributed by atoms with Gasteiger partial charge in [0.25, 0.3) is 0 Å². The van der Waals surface area contributed by atoms with Crippen molar-refractivity contribution in [1.29, 1.82) is 0 Å². The summed E-state index contributed by atoms with van der Waals surface area (Å²) in [6.07, 6.45) is 0. The maximum Gasteiger partial charge on any atom is 0.340 e. The number of halogens is 3. The van der Waals surface area contributed by atoms with Crippen LogP contribution in [0, 0.1) is 0 Å². The number of hydrogen-bond donors (Lipinski definition) is 0. The van der Waals surface area contributed by atoms with Gasteiger partial charge in [-0.15, -0.1) is 11.6 Å². The largest absolute Gasteiger partial charge is 0.340 e. The van der Waals surface area contributed by atoms with Gasteiger partial charge in [0.05, 0.1) is 5.88 Å². The average Bonchev–Trinajstić information content (AvgIpc) is 2.01. The molecule has 0 aliphatic carbocycles. The second-order valence-electron chi connectivity index (χ2n) is 1.86. The lowest BCUT2D eigenvalue weighted by Crippen LogP contribution is -2.44. The van der Waals surface area contributed by atoms with Crippen molar-refractivity contribution in [2.75, 3.05) is 20.0 Å². The Kier molecular flexibility index (Phi) is 4.29. The number of amides is 2. The second-order valence-corrected chi connectivity index (χ2v) is 3.58. The van der Waals surface area contributed by atoms with Gasteiger partial charge in [-0.2, -0.15) is 0 Å². The Morgan fingerprint density at radius 1 is 1.64 bits per heavy atom. The average molecular weight is 218 g/mol. The number of hydrogen-bond acceptors (Lipinski definition) is 1. The molecular formula is C5H8Cl3N2O. The van der Waals surface area contributed by atoms with E-state index in [4.69, 9.17) is 34.8 Å². The lowest BCUT2D eigenvalue weighted by molar-refractivity contribution is 0.203. The Labute approximate surface area is 80.6 Å². The second kappa shape index (κ2) is 4.24. The lowest BCUT2D eigenvalue weighted by atomic mass is 10.6. The molecule has 11 heavy (non-hydrogen) atoms. The van der Waals surface area contributed by atoms with Crippen molar-refractivity contribution in [3.8, 4) is 0 Å². The minimum Gasteiger partial charge on any atom is -0.293 e. The van der Waals surface area contributed by atoms with Gasteiger partial charge in [-0.25, -0.2) is 10.1 Å². The Bertz CT molecular complexity index is 151. The highest BCUT2D eigenvalue weighted by Gasteiger charge is 2.31. The van der Waals surface area contributed by atoms with Crippen LogP contribution in [0.5, 0.6) is 0 Å². The predicted octanol–water partition coefficient (Wildman–Crippen LogP) is 1.64. The number of nitrogens with zero attached hydrogens (tertiary/aromatic N) is 2. The molecule has 65 valence electrons. The summed E-state index contributed by atoms with van der Waals surface area (Å²) in [7, 11) is 2.79. The molecule has 0 aromatic heterocycles. The zero-order valence-electron chi connectivity index (χ0n) is 6.14. The molecule has 1 radical (unpaired) electrons. The molecule has 0 atom stereocenters. The predicted molar refractivity (Wildman–Crippen MR) is 46.4 cm³/mol. The summed E-state index contributed by atoms with van der Waals surface area (Å²) in [6, 6.07) is -0.504. The summed E-state index contributed by atoms with van der Waals surface area (Å²) in [4.78, 5) is 11.9. The van der Waals surface area contributed by atoms with Crippen molar-refractivity contribution in [3.05, 3.63) is 0 Å². The first kappa shape index (κ1) is 11.1. The Hall–Kier alpha value is 0.140. The van der Waals surface area contributed by atoms with Crippen molar-refractivity contribution >= 4 is 40.8 Å².